The number of nitrogens with one attached hydrogen (secondary N) is 2. The van der Waals surface area contributed by atoms with Crippen LogP contribution in [0.4, 0.5) is 23.2 Å². The number of anilines is 1. The van der Waals surface area contributed by atoms with Crippen molar-refractivity contribution >= 4 is 39.2 Å². The summed E-state index contributed by atoms with van der Waals surface area (Å²) in [6, 6.07) is 9.86. The van der Waals surface area contributed by atoms with Crippen molar-refractivity contribution in [2.45, 2.75) is 29.3 Å². The van der Waals surface area contributed by atoms with Crippen LogP contribution in [0.1, 0.15) is 18.4 Å². The van der Waals surface area contributed by atoms with Gasteiger partial charge in [-0.3, -0.25) is 9.52 Å². The Morgan fingerprint density at radius 3 is 2.17 bits per heavy atom. The average Bonchev–Trinajstić information content (AvgIpc) is 3.58. The number of ether oxygens (including phenoxy) is 1. The Labute approximate surface area is 203 Å². The largest absolute Gasteiger partial charge is 0.490 e. The van der Waals surface area contributed by atoms with Crippen LogP contribution in [0.5, 0.6) is 0 Å². The van der Waals surface area contributed by atoms with Crippen molar-refractivity contribution in [1.82, 2.24) is 5.32 Å². The third-order valence-corrected chi connectivity index (χ3v) is 6.58. The molecule has 0 unspecified atom stereocenters. The molecule has 0 aliphatic heterocycles. The number of halogens is 5. The van der Waals surface area contributed by atoms with Gasteiger partial charge < -0.3 is 15.2 Å². The Kier molecular flexibility index (Phi) is 9.09. The van der Waals surface area contributed by atoms with Gasteiger partial charge in [0.05, 0.1) is 21.9 Å². The first kappa shape index (κ1) is 28.3. The second-order valence-electron chi connectivity index (χ2n) is 7.39. The van der Waals surface area contributed by atoms with Crippen LogP contribution in [-0.2, 0) is 29.8 Å². The number of carboxylic acids is 1. The van der Waals surface area contributed by atoms with Gasteiger partial charge in [-0.2, -0.15) is 13.2 Å². The van der Waals surface area contributed by atoms with Crippen molar-refractivity contribution in [3.05, 3.63) is 58.9 Å². The lowest BCUT2D eigenvalue weighted by Gasteiger charge is -2.16. The van der Waals surface area contributed by atoms with E-state index in [9.17, 15) is 30.8 Å². The fraction of sp³-hybridized carbons (Fsp3) is 0.333. The molecule has 8 nitrogen and oxygen atoms in total. The number of aliphatic carboxylic acids is 1. The highest BCUT2D eigenvalue weighted by Crippen LogP contribution is 2.48. The van der Waals surface area contributed by atoms with E-state index in [0.717, 1.165) is 36.6 Å². The number of sulfonamides is 1. The van der Waals surface area contributed by atoms with Gasteiger partial charge in [-0.25, -0.2) is 17.6 Å². The Bertz CT molecular complexity index is 1170. The number of methoxy groups -OCH3 is 1. The van der Waals surface area contributed by atoms with E-state index in [1.807, 2.05) is 0 Å². The Balaban J connectivity index is 0.000000540. The number of benzene rings is 2. The van der Waals surface area contributed by atoms with Gasteiger partial charge in [-0.1, -0.05) is 23.7 Å². The summed E-state index contributed by atoms with van der Waals surface area (Å²) in [5.41, 5.74) is 0.602. The number of hydrogen-bond donors (Lipinski definition) is 3. The summed E-state index contributed by atoms with van der Waals surface area (Å²) in [7, 11) is -2.34. The summed E-state index contributed by atoms with van der Waals surface area (Å²) in [6.45, 7) is 0.880. The van der Waals surface area contributed by atoms with Crippen molar-refractivity contribution in [1.29, 1.82) is 0 Å². The molecule has 0 heterocycles. The van der Waals surface area contributed by atoms with Crippen molar-refractivity contribution in [3.8, 4) is 0 Å². The van der Waals surface area contributed by atoms with Crippen LogP contribution >= 0.6 is 11.6 Å². The summed E-state index contributed by atoms with van der Waals surface area (Å²) in [4.78, 5) is 21.2. The second kappa shape index (κ2) is 11.2. The van der Waals surface area contributed by atoms with Crippen molar-refractivity contribution in [2.24, 2.45) is 0 Å². The molecule has 3 N–H and O–H groups in total. The first-order chi connectivity index (χ1) is 16.2. The first-order valence-electron chi connectivity index (χ1n) is 9.89. The highest BCUT2D eigenvalue weighted by Gasteiger charge is 2.51. The molecule has 1 aliphatic carbocycles. The molecule has 0 atom stereocenters. The van der Waals surface area contributed by atoms with Gasteiger partial charge in [0.15, 0.2) is 0 Å². The van der Waals surface area contributed by atoms with Crippen LogP contribution < -0.4 is 10.0 Å². The lowest BCUT2D eigenvalue weighted by atomic mass is 9.95. The van der Waals surface area contributed by atoms with Crippen LogP contribution in [0.15, 0.2) is 47.4 Å². The summed E-state index contributed by atoms with van der Waals surface area (Å²) in [5.74, 6) is -3.50. The van der Waals surface area contributed by atoms with E-state index in [4.69, 9.17) is 26.2 Å². The van der Waals surface area contributed by atoms with Gasteiger partial charge in [-0.15, -0.1) is 0 Å². The predicted octanol–water partition coefficient (Wildman–Crippen LogP) is 3.71. The lowest BCUT2D eigenvalue weighted by Crippen LogP contribution is -2.36. The number of carboxylic acid groups (broad SMARTS) is 1. The summed E-state index contributed by atoms with van der Waals surface area (Å²) in [6.07, 6.45) is -3.60. The molecule has 0 bridgehead atoms. The fourth-order valence-electron chi connectivity index (χ4n) is 2.92. The molecule has 1 fully saturated rings. The van der Waals surface area contributed by atoms with Crippen LogP contribution in [0.3, 0.4) is 0 Å². The zero-order valence-corrected chi connectivity index (χ0v) is 19.7. The maximum atomic E-state index is 13.3. The third kappa shape index (κ3) is 7.54. The normalized spacial score (nSPS) is 14.3. The molecule has 2 aromatic rings. The SMILES string of the molecule is COCCNC(=O)C1(c2ccc(NS(=O)(=O)c3ccc(F)c(Cl)c3)cc2)CC1.O=C(O)C(F)(F)F. The van der Waals surface area contributed by atoms with E-state index in [1.165, 1.54) is 0 Å². The minimum atomic E-state index is -5.08. The van der Waals surface area contributed by atoms with E-state index in [-0.39, 0.29) is 15.8 Å². The molecular weight excluding hydrogens is 520 g/mol. The van der Waals surface area contributed by atoms with E-state index in [0.29, 0.717) is 18.8 Å². The summed E-state index contributed by atoms with van der Waals surface area (Å²) in [5, 5.41) is 9.71. The van der Waals surface area contributed by atoms with E-state index in [1.54, 1.807) is 31.4 Å². The highest BCUT2D eigenvalue weighted by atomic mass is 35.5. The fourth-order valence-corrected chi connectivity index (χ4v) is 4.25. The molecule has 0 spiro atoms. The molecular formula is C21H21ClF4N2O6S. The van der Waals surface area contributed by atoms with E-state index < -0.39 is 33.4 Å². The maximum Gasteiger partial charge on any atom is 0.490 e. The Morgan fingerprint density at radius 1 is 1.14 bits per heavy atom. The topological polar surface area (TPSA) is 122 Å². The minimum absolute atomic E-state index is 0.0566. The zero-order chi connectivity index (χ0) is 26.4. The van der Waals surface area contributed by atoms with Gasteiger partial charge >= 0.3 is 12.1 Å². The Morgan fingerprint density at radius 2 is 1.71 bits per heavy atom. The highest BCUT2D eigenvalue weighted by molar-refractivity contribution is 7.92. The smallest absolute Gasteiger partial charge is 0.475 e. The number of carbonyl (C=O) groups excluding carboxylic acids is 1. The lowest BCUT2D eigenvalue weighted by molar-refractivity contribution is -0.192. The monoisotopic (exact) mass is 540 g/mol. The molecule has 1 saturated carbocycles. The number of rotatable bonds is 8. The van der Waals surface area contributed by atoms with Gasteiger partial charge in [0.1, 0.15) is 5.82 Å². The molecule has 2 aromatic carbocycles. The molecule has 0 radical (unpaired) electrons. The molecule has 1 amide bonds. The zero-order valence-electron chi connectivity index (χ0n) is 18.2. The minimum Gasteiger partial charge on any atom is -0.475 e. The van der Waals surface area contributed by atoms with Gasteiger partial charge in [0.25, 0.3) is 10.0 Å². The molecule has 35 heavy (non-hydrogen) atoms. The standard InChI is InChI=1S/C19H20ClFN2O4S.C2HF3O2/c1-27-11-10-22-18(24)19(8-9-19)13-2-4-14(5-3-13)23-28(25,26)15-6-7-17(21)16(20)12-15;3-2(4,5)1(6)7/h2-7,12,23H,8-11H2,1H3,(H,22,24);(H,6,7). The van der Waals surface area contributed by atoms with Crippen molar-refractivity contribution < 1.29 is 45.4 Å². The van der Waals surface area contributed by atoms with Crippen LogP contribution in [-0.4, -0.2) is 51.8 Å². The van der Waals surface area contributed by atoms with Crippen molar-refractivity contribution in [3.63, 3.8) is 0 Å². The Hall–Kier alpha value is -2.90. The second-order valence-corrected chi connectivity index (χ2v) is 9.48. The average molecular weight is 541 g/mol. The van der Waals surface area contributed by atoms with Gasteiger partial charge in [0.2, 0.25) is 5.91 Å². The van der Waals surface area contributed by atoms with Crippen LogP contribution in [0.2, 0.25) is 5.02 Å². The summed E-state index contributed by atoms with van der Waals surface area (Å²) < 4.78 is 77.2. The molecule has 0 saturated heterocycles. The molecule has 0 aromatic heterocycles. The van der Waals surface area contributed by atoms with E-state index in [2.05, 4.69) is 10.0 Å². The third-order valence-electron chi connectivity index (χ3n) is 4.91. The van der Waals surface area contributed by atoms with Crippen molar-refractivity contribution in [2.75, 3.05) is 25.0 Å². The molecule has 192 valence electrons. The molecule has 3 rings (SSSR count). The molecule has 1 aliphatic rings. The number of carbonyl (C=O) groups is 2. The maximum absolute atomic E-state index is 13.3. The predicted molar refractivity (Wildman–Crippen MR) is 118 cm³/mol. The first-order valence-corrected chi connectivity index (χ1v) is 11.7. The van der Waals surface area contributed by atoms with Gasteiger partial charge in [0, 0.05) is 19.3 Å². The molecule has 14 heteroatoms. The number of amides is 1. The van der Waals surface area contributed by atoms with Crippen LogP contribution in [0, 0.1) is 5.82 Å². The van der Waals surface area contributed by atoms with Gasteiger partial charge in [-0.05, 0) is 48.7 Å². The number of hydrogen-bond acceptors (Lipinski definition) is 5. The quantitative estimate of drug-likeness (QED) is 0.347. The van der Waals surface area contributed by atoms with E-state index >= 15 is 0 Å². The van der Waals surface area contributed by atoms with Crippen LogP contribution in [0.25, 0.3) is 0 Å². The summed E-state index contributed by atoms with van der Waals surface area (Å²) >= 11 is 5.66. The number of alkyl halides is 3.